The zero-order valence-corrected chi connectivity index (χ0v) is 12.3. The molecule has 0 amide bonds. The van der Waals surface area contributed by atoms with Gasteiger partial charge >= 0.3 is 0 Å². The lowest BCUT2D eigenvalue weighted by Crippen LogP contribution is -2.39. The van der Waals surface area contributed by atoms with Crippen LogP contribution in [0.5, 0.6) is 5.75 Å². The Kier molecular flexibility index (Phi) is 5.68. The topological polar surface area (TPSA) is 58.7 Å². The van der Waals surface area contributed by atoms with Crippen molar-refractivity contribution in [3.05, 3.63) is 24.3 Å². The average Bonchev–Trinajstić information content (AvgIpc) is 2.40. The Balaban J connectivity index is 1.73. The van der Waals surface area contributed by atoms with E-state index >= 15 is 0 Å². The molecule has 4 nitrogen and oxygen atoms in total. The van der Waals surface area contributed by atoms with Crippen molar-refractivity contribution >= 4 is 5.69 Å². The van der Waals surface area contributed by atoms with E-state index < -0.39 is 6.10 Å². The zero-order valence-electron chi connectivity index (χ0n) is 12.3. The van der Waals surface area contributed by atoms with Gasteiger partial charge in [-0.1, -0.05) is 25.5 Å². The van der Waals surface area contributed by atoms with E-state index in [0.717, 1.165) is 19.0 Å². The van der Waals surface area contributed by atoms with E-state index in [-0.39, 0.29) is 6.61 Å². The molecule has 1 fully saturated rings. The number of nitrogen functional groups attached to an aromatic ring is 1. The molecule has 1 aromatic rings. The molecule has 1 aliphatic carbocycles. The number of aliphatic hydroxyl groups is 1. The largest absolute Gasteiger partial charge is 0.489 e. The predicted octanol–water partition coefficient (Wildman–Crippen LogP) is 2.13. The van der Waals surface area contributed by atoms with E-state index in [0.29, 0.717) is 18.0 Å². The molecule has 0 heterocycles. The smallest absolute Gasteiger partial charge is 0.142 e. The quantitative estimate of drug-likeness (QED) is 0.715. The minimum Gasteiger partial charge on any atom is -0.489 e. The van der Waals surface area contributed by atoms with Crippen molar-refractivity contribution in [2.24, 2.45) is 5.92 Å². The second-order valence-electron chi connectivity index (χ2n) is 5.65. The van der Waals surface area contributed by atoms with Crippen molar-refractivity contribution in [1.82, 2.24) is 4.90 Å². The summed E-state index contributed by atoms with van der Waals surface area (Å²) in [7, 11) is 0. The lowest BCUT2D eigenvalue weighted by Gasteiger charge is -2.32. The molecule has 4 heteroatoms. The molecule has 1 unspecified atom stereocenters. The van der Waals surface area contributed by atoms with E-state index in [1.807, 2.05) is 18.2 Å². The van der Waals surface area contributed by atoms with Gasteiger partial charge in [0.15, 0.2) is 0 Å². The van der Waals surface area contributed by atoms with Gasteiger partial charge in [-0.05, 0) is 37.4 Å². The zero-order chi connectivity index (χ0) is 14.4. The fourth-order valence-electron chi connectivity index (χ4n) is 2.52. The minimum atomic E-state index is -0.477. The Labute approximate surface area is 121 Å². The van der Waals surface area contributed by atoms with Gasteiger partial charge in [0.05, 0.1) is 5.69 Å². The molecule has 1 saturated carbocycles. The fraction of sp³-hybridized carbons (Fsp3) is 0.625. The molecule has 0 spiro atoms. The maximum atomic E-state index is 10.1. The van der Waals surface area contributed by atoms with Crippen LogP contribution in [0.3, 0.4) is 0 Å². The maximum Gasteiger partial charge on any atom is 0.142 e. The molecule has 20 heavy (non-hydrogen) atoms. The number of nitrogens with two attached hydrogens (primary N) is 1. The van der Waals surface area contributed by atoms with Crippen molar-refractivity contribution in [3.63, 3.8) is 0 Å². The van der Waals surface area contributed by atoms with E-state index in [2.05, 4.69) is 11.8 Å². The molecular formula is C16H26N2O2. The molecule has 0 aromatic heterocycles. The highest BCUT2D eigenvalue weighted by Crippen LogP contribution is 2.27. The molecular weight excluding hydrogens is 252 g/mol. The molecule has 112 valence electrons. The molecule has 1 atom stereocenters. The standard InChI is InChI=1S/C16H26N2O2/c1-2-18(10-13-6-5-7-13)11-14(19)12-20-16-9-4-3-8-15(16)17/h3-4,8-9,13-14,19H,2,5-7,10-12,17H2,1H3. The number of likely N-dealkylation sites (N-methyl/N-ethyl adjacent to an activating group) is 1. The van der Waals surface area contributed by atoms with Crippen LogP contribution in [-0.4, -0.2) is 42.4 Å². The summed E-state index contributed by atoms with van der Waals surface area (Å²) in [5.74, 6) is 1.47. The number of hydrogen-bond acceptors (Lipinski definition) is 4. The summed E-state index contributed by atoms with van der Waals surface area (Å²) in [6.07, 6.45) is 3.56. The maximum absolute atomic E-state index is 10.1. The Hall–Kier alpha value is -1.26. The number of anilines is 1. The highest BCUT2D eigenvalue weighted by molar-refractivity contribution is 5.51. The van der Waals surface area contributed by atoms with Crippen molar-refractivity contribution in [2.45, 2.75) is 32.3 Å². The van der Waals surface area contributed by atoms with E-state index in [9.17, 15) is 5.11 Å². The predicted molar refractivity (Wildman–Crippen MR) is 81.8 cm³/mol. The summed E-state index contributed by atoms with van der Waals surface area (Å²) >= 11 is 0. The SMILES string of the molecule is CCN(CC(O)COc1ccccc1N)CC1CCC1. The molecule has 3 N–H and O–H groups in total. The summed E-state index contributed by atoms with van der Waals surface area (Å²) in [5.41, 5.74) is 6.42. The first kappa shape index (κ1) is 15.1. The first-order chi connectivity index (χ1) is 9.69. The van der Waals surface area contributed by atoms with E-state index in [1.165, 1.54) is 19.3 Å². The Bertz CT molecular complexity index is 407. The van der Waals surface area contributed by atoms with Crippen molar-refractivity contribution in [2.75, 3.05) is 32.0 Å². The fourth-order valence-corrected chi connectivity index (χ4v) is 2.52. The highest BCUT2D eigenvalue weighted by Gasteiger charge is 2.21. The molecule has 0 aliphatic heterocycles. The van der Waals surface area contributed by atoms with Gasteiger partial charge in [-0.15, -0.1) is 0 Å². The third kappa shape index (κ3) is 4.39. The number of nitrogens with zero attached hydrogens (tertiary/aromatic N) is 1. The summed E-state index contributed by atoms with van der Waals surface area (Å²) in [4.78, 5) is 2.31. The van der Waals surface area contributed by atoms with Gasteiger partial charge < -0.3 is 20.5 Å². The minimum absolute atomic E-state index is 0.287. The molecule has 0 bridgehead atoms. The van der Waals surface area contributed by atoms with Gasteiger partial charge in [0.1, 0.15) is 18.5 Å². The first-order valence-electron chi connectivity index (χ1n) is 7.56. The average molecular weight is 278 g/mol. The second-order valence-corrected chi connectivity index (χ2v) is 5.65. The molecule has 2 rings (SSSR count). The second kappa shape index (κ2) is 7.50. The van der Waals surface area contributed by atoms with Crippen LogP contribution in [0.15, 0.2) is 24.3 Å². The van der Waals surface area contributed by atoms with Crippen LogP contribution in [0.1, 0.15) is 26.2 Å². The Morgan fingerprint density at radius 1 is 1.40 bits per heavy atom. The monoisotopic (exact) mass is 278 g/mol. The number of ether oxygens (including phenoxy) is 1. The third-order valence-corrected chi connectivity index (χ3v) is 4.01. The van der Waals surface area contributed by atoms with Gasteiger partial charge in [0.2, 0.25) is 0 Å². The van der Waals surface area contributed by atoms with Crippen LogP contribution in [-0.2, 0) is 0 Å². The molecule has 0 radical (unpaired) electrons. The van der Waals surface area contributed by atoms with Crippen molar-refractivity contribution in [3.8, 4) is 5.75 Å². The van der Waals surface area contributed by atoms with Gasteiger partial charge in [-0.25, -0.2) is 0 Å². The van der Waals surface area contributed by atoms with E-state index in [1.54, 1.807) is 6.07 Å². The van der Waals surface area contributed by atoms with Crippen molar-refractivity contribution < 1.29 is 9.84 Å². The van der Waals surface area contributed by atoms with Crippen LogP contribution in [0.2, 0.25) is 0 Å². The van der Waals surface area contributed by atoms with Crippen LogP contribution in [0.25, 0.3) is 0 Å². The number of aliphatic hydroxyl groups excluding tert-OH is 1. The highest BCUT2D eigenvalue weighted by atomic mass is 16.5. The van der Waals surface area contributed by atoms with Gasteiger partial charge in [0.25, 0.3) is 0 Å². The normalized spacial score (nSPS) is 16.9. The van der Waals surface area contributed by atoms with Gasteiger partial charge in [-0.3, -0.25) is 0 Å². The summed E-state index contributed by atoms with van der Waals surface area (Å²) < 4.78 is 5.59. The third-order valence-electron chi connectivity index (χ3n) is 4.01. The molecule has 1 aromatic carbocycles. The van der Waals surface area contributed by atoms with Gasteiger partial charge in [0, 0.05) is 13.1 Å². The first-order valence-corrected chi connectivity index (χ1v) is 7.56. The molecule has 0 saturated heterocycles. The number of hydrogen-bond donors (Lipinski definition) is 2. The number of rotatable bonds is 8. The number of benzene rings is 1. The summed E-state index contributed by atoms with van der Waals surface area (Å²) in [6, 6.07) is 7.38. The van der Waals surface area contributed by atoms with Crippen LogP contribution >= 0.6 is 0 Å². The lowest BCUT2D eigenvalue weighted by atomic mass is 9.85. The lowest BCUT2D eigenvalue weighted by molar-refractivity contribution is 0.0588. The Morgan fingerprint density at radius 3 is 2.75 bits per heavy atom. The molecule has 1 aliphatic rings. The summed E-state index contributed by atoms with van der Waals surface area (Å²) in [6.45, 7) is 5.17. The Morgan fingerprint density at radius 2 is 2.15 bits per heavy atom. The van der Waals surface area contributed by atoms with Crippen molar-refractivity contribution in [1.29, 1.82) is 0 Å². The van der Waals surface area contributed by atoms with E-state index in [4.69, 9.17) is 10.5 Å². The van der Waals surface area contributed by atoms with Crippen LogP contribution in [0, 0.1) is 5.92 Å². The van der Waals surface area contributed by atoms with Crippen LogP contribution < -0.4 is 10.5 Å². The number of para-hydroxylation sites is 2. The van der Waals surface area contributed by atoms with Gasteiger partial charge in [-0.2, -0.15) is 0 Å². The van der Waals surface area contributed by atoms with Crippen LogP contribution in [0.4, 0.5) is 5.69 Å². The summed E-state index contributed by atoms with van der Waals surface area (Å²) in [5, 5.41) is 10.1.